The normalized spacial score (nSPS) is 17.2. The Bertz CT molecular complexity index is 811. The van der Waals surface area contributed by atoms with Crippen LogP contribution in [0.1, 0.15) is 26.3 Å². The molecule has 1 aliphatic heterocycles. The van der Waals surface area contributed by atoms with Crippen LogP contribution in [0, 0.1) is 21.4 Å². The number of non-ortho nitro benzene ring substituents is 1. The number of nitriles is 1. The maximum Gasteiger partial charge on any atom is 0.410 e. The van der Waals surface area contributed by atoms with Gasteiger partial charge in [-0.05, 0) is 26.8 Å². The highest BCUT2D eigenvalue weighted by atomic mass is 16.6. The van der Waals surface area contributed by atoms with Crippen LogP contribution in [0.15, 0.2) is 18.2 Å². The van der Waals surface area contributed by atoms with Gasteiger partial charge in [-0.3, -0.25) is 10.1 Å². The van der Waals surface area contributed by atoms with Crippen molar-refractivity contribution < 1.29 is 24.4 Å². The van der Waals surface area contributed by atoms with Gasteiger partial charge in [0.1, 0.15) is 17.7 Å². The minimum atomic E-state index is -1.18. The van der Waals surface area contributed by atoms with E-state index in [1.807, 2.05) is 6.07 Å². The van der Waals surface area contributed by atoms with E-state index >= 15 is 0 Å². The topological polar surface area (TPSA) is 137 Å². The number of anilines is 1. The number of aliphatic carboxylic acids is 1. The van der Waals surface area contributed by atoms with Crippen LogP contribution in [0.3, 0.4) is 0 Å². The molecule has 0 bridgehead atoms. The highest BCUT2D eigenvalue weighted by molar-refractivity contribution is 5.82. The SMILES string of the molecule is CC(C)(C)OC(=O)N1CCN(c2ccc([N+](=O)[O-])cc2C#N)C(C(=O)O)C1. The second-order valence-corrected chi connectivity index (χ2v) is 7.04. The number of amides is 1. The monoisotopic (exact) mass is 376 g/mol. The summed E-state index contributed by atoms with van der Waals surface area (Å²) in [6.07, 6.45) is -0.613. The molecule has 1 fully saturated rings. The van der Waals surface area contributed by atoms with E-state index in [1.54, 1.807) is 20.8 Å². The van der Waals surface area contributed by atoms with Crippen LogP contribution in [0.4, 0.5) is 16.2 Å². The van der Waals surface area contributed by atoms with Gasteiger partial charge in [0, 0.05) is 25.2 Å². The maximum atomic E-state index is 12.2. The Kier molecular flexibility index (Phi) is 5.54. The van der Waals surface area contributed by atoms with Gasteiger partial charge in [0.05, 0.1) is 22.7 Å². The molecule has 0 spiro atoms. The lowest BCUT2D eigenvalue weighted by atomic mass is 10.1. The summed E-state index contributed by atoms with van der Waals surface area (Å²) in [5, 5.41) is 29.8. The summed E-state index contributed by atoms with van der Waals surface area (Å²) in [5.41, 5.74) is -0.686. The van der Waals surface area contributed by atoms with Gasteiger partial charge in [0.2, 0.25) is 0 Å². The second kappa shape index (κ2) is 7.49. The Balaban J connectivity index is 2.29. The van der Waals surface area contributed by atoms with E-state index in [1.165, 1.54) is 21.9 Å². The van der Waals surface area contributed by atoms with Crippen LogP contribution >= 0.6 is 0 Å². The third kappa shape index (κ3) is 4.63. The van der Waals surface area contributed by atoms with Crippen LogP contribution in [0.5, 0.6) is 0 Å². The molecule has 1 amide bonds. The van der Waals surface area contributed by atoms with Crippen LogP contribution in [-0.4, -0.2) is 58.3 Å². The predicted octanol–water partition coefficient (Wildman–Crippen LogP) is 1.98. The number of nitro groups is 1. The number of carbonyl (C=O) groups is 2. The zero-order valence-electron chi connectivity index (χ0n) is 15.2. The first-order valence-electron chi connectivity index (χ1n) is 8.19. The lowest BCUT2D eigenvalue weighted by Gasteiger charge is -2.41. The third-order valence-corrected chi connectivity index (χ3v) is 3.94. The Morgan fingerprint density at radius 3 is 2.56 bits per heavy atom. The van der Waals surface area contributed by atoms with Crippen molar-refractivity contribution >= 4 is 23.4 Å². The lowest BCUT2D eigenvalue weighted by molar-refractivity contribution is -0.384. The number of rotatable bonds is 3. The highest BCUT2D eigenvalue weighted by Gasteiger charge is 2.37. The molecule has 2 rings (SSSR count). The molecule has 0 aromatic heterocycles. The van der Waals surface area contributed by atoms with Crippen molar-refractivity contribution in [2.75, 3.05) is 24.5 Å². The number of carboxylic acid groups (broad SMARTS) is 1. The molecule has 1 heterocycles. The first-order chi connectivity index (χ1) is 12.5. The van der Waals surface area contributed by atoms with Crippen molar-refractivity contribution in [2.45, 2.75) is 32.4 Å². The summed E-state index contributed by atoms with van der Waals surface area (Å²) in [4.78, 5) is 37.0. The van der Waals surface area contributed by atoms with Gasteiger partial charge in [-0.1, -0.05) is 0 Å². The summed E-state index contributed by atoms with van der Waals surface area (Å²) < 4.78 is 5.28. The van der Waals surface area contributed by atoms with Gasteiger partial charge < -0.3 is 19.6 Å². The molecule has 1 N–H and O–H groups in total. The number of carbonyl (C=O) groups excluding carboxylic acids is 1. The zero-order chi connectivity index (χ0) is 20.4. The first-order valence-corrected chi connectivity index (χ1v) is 8.19. The molecule has 1 aliphatic rings. The quantitative estimate of drug-likeness (QED) is 0.624. The van der Waals surface area contributed by atoms with Crippen molar-refractivity contribution in [3.8, 4) is 6.07 Å². The van der Waals surface area contributed by atoms with E-state index in [-0.39, 0.29) is 36.6 Å². The van der Waals surface area contributed by atoms with Gasteiger partial charge >= 0.3 is 12.1 Å². The summed E-state index contributed by atoms with van der Waals surface area (Å²) in [7, 11) is 0. The molecule has 1 aromatic carbocycles. The van der Waals surface area contributed by atoms with Crippen molar-refractivity contribution in [3.63, 3.8) is 0 Å². The Morgan fingerprint density at radius 2 is 2.04 bits per heavy atom. The number of nitrogens with zero attached hydrogens (tertiary/aromatic N) is 4. The van der Waals surface area contributed by atoms with Gasteiger partial charge in [-0.15, -0.1) is 0 Å². The summed E-state index contributed by atoms with van der Waals surface area (Å²) in [6, 6.07) is 4.44. The average Bonchev–Trinajstić information content (AvgIpc) is 2.59. The molecule has 1 aromatic rings. The minimum absolute atomic E-state index is 0.00108. The number of hydrogen-bond donors (Lipinski definition) is 1. The van der Waals surface area contributed by atoms with Crippen LogP contribution in [0.2, 0.25) is 0 Å². The van der Waals surface area contributed by atoms with E-state index in [0.29, 0.717) is 0 Å². The first kappa shape index (κ1) is 20.0. The number of piperazine rings is 1. The third-order valence-electron chi connectivity index (χ3n) is 3.94. The predicted molar refractivity (Wildman–Crippen MR) is 94.4 cm³/mol. The van der Waals surface area contributed by atoms with E-state index in [4.69, 9.17) is 4.74 Å². The smallest absolute Gasteiger partial charge is 0.410 e. The fourth-order valence-corrected chi connectivity index (χ4v) is 2.75. The van der Waals surface area contributed by atoms with E-state index in [2.05, 4.69) is 0 Å². The molecule has 10 heteroatoms. The molecule has 1 unspecified atom stereocenters. The molecule has 1 atom stereocenters. The Hall–Kier alpha value is -3.35. The molecular formula is C17H20N4O6. The second-order valence-electron chi connectivity index (χ2n) is 7.04. The van der Waals surface area contributed by atoms with Gasteiger partial charge in [0.25, 0.3) is 5.69 Å². The average molecular weight is 376 g/mol. The van der Waals surface area contributed by atoms with Crippen molar-refractivity contribution in [2.24, 2.45) is 0 Å². The molecule has 10 nitrogen and oxygen atoms in total. The number of carboxylic acids is 1. The fourth-order valence-electron chi connectivity index (χ4n) is 2.75. The Labute approximate surface area is 155 Å². The number of ether oxygens (including phenoxy) is 1. The highest BCUT2D eigenvalue weighted by Crippen LogP contribution is 2.28. The van der Waals surface area contributed by atoms with Gasteiger partial charge in [-0.2, -0.15) is 5.26 Å². The zero-order valence-corrected chi connectivity index (χ0v) is 15.2. The fraction of sp³-hybridized carbons (Fsp3) is 0.471. The summed E-state index contributed by atoms with van der Waals surface area (Å²) >= 11 is 0. The van der Waals surface area contributed by atoms with Gasteiger partial charge in [-0.25, -0.2) is 9.59 Å². The number of hydrogen-bond acceptors (Lipinski definition) is 7. The number of nitro benzene ring substituents is 1. The van der Waals surface area contributed by atoms with Crippen molar-refractivity contribution in [3.05, 3.63) is 33.9 Å². The van der Waals surface area contributed by atoms with E-state index in [9.17, 15) is 30.1 Å². The van der Waals surface area contributed by atoms with Crippen molar-refractivity contribution in [1.82, 2.24) is 4.90 Å². The number of benzene rings is 1. The van der Waals surface area contributed by atoms with Crippen molar-refractivity contribution in [1.29, 1.82) is 5.26 Å². The molecule has 27 heavy (non-hydrogen) atoms. The molecule has 0 radical (unpaired) electrons. The molecule has 0 aliphatic carbocycles. The minimum Gasteiger partial charge on any atom is -0.480 e. The van der Waals surface area contributed by atoms with Crippen LogP contribution < -0.4 is 4.90 Å². The largest absolute Gasteiger partial charge is 0.480 e. The molecule has 1 saturated heterocycles. The van der Waals surface area contributed by atoms with Crippen LogP contribution in [-0.2, 0) is 9.53 Å². The summed E-state index contributed by atoms with van der Waals surface area (Å²) in [5.74, 6) is -1.18. The van der Waals surface area contributed by atoms with Crippen LogP contribution in [0.25, 0.3) is 0 Å². The van der Waals surface area contributed by atoms with E-state index < -0.39 is 28.6 Å². The molecular weight excluding hydrogens is 356 g/mol. The van der Waals surface area contributed by atoms with E-state index in [0.717, 1.165) is 6.07 Å². The summed E-state index contributed by atoms with van der Waals surface area (Å²) in [6.45, 7) is 5.35. The molecule has 144 valence electrons. The molecule has 0 saturated carbocycles. The maximum absolute atomic E-state index is 12.2. The standard InChI is InChI=1S/C17H20N4O6/c1-17(2,3)27-16(24)19-6-7-20(14(10-19)15(22)23)13-5-4-12(21(25)26)8-11(13)9-18/h4-5,8,14H,6-7,10H2,1-3H3,(H,22,23). The van der Waals surface area contributed by atoms with Gasteiger partial charge in [0.15, 0.2) is 0 Å². The lowest BCUT2D eigenvalue weighted by Crippen LogP contribution is -2.58. The Morgan fingerprint density at radius 1 is 1.37 bits per heavy atom.